The number of aryl methyl sites for hydroxylation is 2. The van der Waals surface area contributed by atoms with Crippen LogP contribution in [-0.4, -0.2) is 30.5 Å². The Labute approximate surface area is 247 Å². The van der Waals surface area contributed by atoms with E-state index in [0.717, 1.165) is 62.1 Å². The smallest absolute Gasteiger partial charge is 0.130 e. The van der Waals surface area contributed by atoms with Crippen LogP contribution in [0, 0.1) is 6.92 Å². The molecule has 0 radical (unpaired) electrons. The first-order valence-electron chi connectivity index (χ1n) is 13.6. The number of aromatic nitrogens is 4. The number of rotatable bonds is 9. The molecular formula is C32H32N6OS2. The lowest BCUT2D eigenvalue weighted by Gasteiger charge is -2.18. The summed E-state index contributed by atoms with van der Waals surface area (Å²) in [4.78, 5) is 10.8. The Bertz CT molecular complexity index is 1840. The average Bonchev–Trinajstić information content (AvgIpc) is 3.59. The fourth-order valence-electron chi connectivity index (χ4n) is 4.87. The lowest BCUT2D eigenvalue weighted by molar-refractivity contribution is 0.0591. The molecule has 6 aromatic rings. The van der Waals surface area contributed by atoms with E-state index >= 15 is 0 Å². The zero-order valence-electron chi connectivity index (χ0n) is 23.5. The maximum Gasteiger partial charge on any atom is 0.130 e. The molecule has 0 unspecified atom stereocenters. The zero-order chi connectivity index (χ0) is 28.6. The van der Waals surface area contributed by atoms with Crippen LogP contribution in [0.3, 0.4) is 0 Å². The molecule has 0 aliphatic rings. The largest absolute Gasteiger partial charge is 0.389 e. The quantitative estimate of drug-likeness (QED) is 0.149. The molecule has 9 heteroatoms. The molecule has 0 aliphatic carbocycles. The molecule has 0 fully saturated rings. The molecule has 0 bridgehead atoms. The summed E-state index contributed by atoms with van der Waals surface area (Å²) in [6.07, 6.45) is 6.66. The van der Waals surface area contributed by atoms with Crippen molar-refractivity contribution in [3.8, 4) is 11.3 Å². The zero-order valence-corrected chi connectivity index (χ0v) is 25.1. The summed E-state index contributed by atoms with van der Waals surface area (Å²) in [5.74, 6) is 0.754. The molecule has 3 N–H and O–H groups in total. The van der Waals surface area contributed by atoms with Gasteiger partial charge in [0.25, 0.3) is 0 Å². The van der Waals surface area contributed by atoms with Crippen molar-refractivity contribution in [1.82, 2.24) is 19.7 Å². The van der Waals surface area contributed by atoms with Gasteiger partial charge in [-0.25, -0.2) is 4.98 Å². The van der Waals surface area contributed by atoms with Crippen molar-refractivity contribution in [2.75, 3.05) is 10.0 Å². The van der Waals surface area contributed by atoms with Gasteiger partial charge in [-0.2, -0.15) is 5.10 Å². The van der Waals surface area contributed by atoms with Crippen molar-refractivity contribution in [2.24, 2.45) is 0 Å². The van der Waals surface area contributed by atoms with Gasteiger partial charge in [-0.3, -0.25) is 9.67 Å². The van der Waals surface area contributed by atoms with Crippen molar-refractivity contribution >= 4 is 62.2 Å². The number of thiophene rings is 1. The first kappa shape index (κ1) is 27.3. The number of nitrogens with one attached hydrogen (secondary N) is 2. The lowest BCUT2D eigenvalue weighted by Crippen LogP contribution is -2.26. The molecule has 6 rings (SSSR count). The summed E-state index contributed by atoms with van der Waals surface area (Å²) in [5, 5.41) is 21.4. The third kappa shape index (κ3) is 5.93. The van der Waals surface area contributed by atoms with Gasteiger partial charge in [0, 0.05) is 50.4 Å². The monoisotopic (exact) mass is 580 g/mol. The standard InChI is InChI=1S/C32H32N6OS2/c1-5-24-10-13-30(40-24)41-37-23-8-6-22(7-9-23)36-29-16-26-21(17-34-29)14-15-33-31(26)25-11-12-28-27(20(25)2)18-35-38(28)19-32(3,4)39/h6-18,37,39H,5,19H2,1-4H3,(H,34,36). The summed E-state index contributed by atoms with van der Waals surface area (Å²) in [6, 6.07) is 20.8. The number of pyridine rings is 2. The van der Waals surface area contributed by atoms with Gasteiger partial charge in [0.15, 0.2) is 0 Å². The molecule has 7 nitrogen and oxygen atoms in total. The molecule has 0 saturated carbocycles. The average molecular weight is 581 g/mol. The van der Waals surface area contributed by atoms with Crippen LogP contribution in [0.5, 0.6) is 0 Å². The second-order valence-electron chi connectivity index (χ2n) is 10.7. The van der Waals surface area contributed by atoms with Crippen molar-refractivity contribution in [3.63, 3.8) is 0 Å². The van der Waals surface area contributed by atoms with Crippen LogP contribution in [0.25, 0.3) is 32.9 Å². The highest BCUT2D eigenvalue weighted by Crippen LogP contribution is 2.34. The van der Waals surface area contributed by atoms with Gasteiger partial charge in [0.2, 0.25) is 0 Å². The number of hydrogen-bond acceptors (Lipinski definition) is 8. The van der Waals surface area contributed by atoms with E-state index in [0.29, 0.717) is 6.54 Å². The summed E-state index contributed by atoms with van der Waals surface area (Å²) in [6.45, 7) is 8.29. The Balaban J connectivity index is 1.24. The van der Waals surface area contributed by atoms with Crippen molar-refractivity contribution in [2.45, 2.75) is 50.5 Å². The van der Waals surface area contributed by atoms with E-state index in [2.05, 4.69) is 76.4 Å². The molecule has 0 amide bonds. The number of hydrogen-bond donors (Lipinski definition) is 3. The van der Waals surface area contributed by atoms with Crippen LogP contribution in [0.2, 0.25) is 0 Å². The van der Waals surface area contributed by atoms with Crippen molar-refractivity contribution < 1.29 is 5.11 Å². The minimum atomic E-state index is -0.849. The molecule has 4 heterocycles. The van der Waals surface area contributed by atoms with Gasteiger partial charge in [0.05, 0.1) is 33.8 Å². The van der Waals surface area contributed by atoms with Gasteiger partial charge in [-0.1, -0.05) is 13.0 Å². The Morgan fingerprint density at radius 3 is 2.51 bits per heavy atom. The van der Waals surface area contributed by atoms with Gasteiger partial charge < -0.3 is 15.1 Å². The van der Waals surface area contributed by atoms with Gasteiger partial charge >= 0.3 is 0 Å². The minimum Gasteiger partial charge on any atom is -0.389 e. The summed E-state index contributed by atoms with van der Waals surface area (Å²) in [5.41, 5.74) is 5.20. The van der Waals surface area contributed by atoms with Crippen LogP contribution in [0.1, 0.15) is 31.2 Å². The van der Waals surface area contributed by atoms with Crippen LogP contribution < -0.4 is 10.0 Å². The molecule has 0 aliphatic heterocycles. The second kappa shape index (κ2) is 11.2. The number of benzene rings is 2. The van der Waals surface area contributed by atoms with E-state index in [1.54, 1.807) is 25.8 Å². The highest BCUT2D eigenvalue weighted by molar-refractivity contribution is 8.02. The first-order valence-corrected chi connectivity index (χ1v) is 15.2. The molecule has 0 atom stereocenters. The number of fused-ring (bicyclic) bond motifs is 2. The molecule has 2 aromatic carbocycles. The molecule has 41 heavy (non-hydrogen) atoms. The number of nitrogens with zero attached hydrogens (tertiary/aromatic N) is 4. The lowest BCUT2D eigenvalue weighted by atomic mass is 9.98. The van der Waals surface area contributed by atoms with Crippen molar-refractivity contribution in [1.29, 1.82) is 0 Å². The van der Waals surface area contributed by atoms with E-state index in [1.807, 2.05) is 52.8 Å². The maximum atomic E-state index is 10.3. The number of aliphatic hydroxyl groups is 1. The van der Waals surface area contributed by atoms with Crippen LogP contribution in [0.4, 0.5) is 17.2 Å². The normalized spacial score (nSPS) is 11.8. The molecule has 208 valence electrons. The summed E-state index contributed by atoms with van der Waals surface area (Å²) in [7, 11) is 0. The summed E-state index contributed by atoms with van der Waals surface area (Å²) < 4.78 is 6.54. The predicted octanol–water partition coefficient (Wildman–Crippen LogP) is 8.21. The van der Waals surface area contributed by atoms with E-state index in [9.17, 15) is 5.11 Å². The fourth-order valence-corrected chi connectivity index (χ4v) is 6.65. The van der Waals surface area contributed by atoms with Gasteiger partial charge in [0.1, 0.15) is 5.82 Å². The van der Waals surface area contributed by atoms with Crippen LogP contribution in [0.15, 0.2) is 83.5 Å². The predicted molar refractivity (Wildman–Crippen MR) is 172 cm³/mol. The summed E-state index contributed by atoms with van der Waals surface area (Å²) >= 11 is 3.46. The first-order chi connectivity index (χ1) is 19.8. The molecule has 0 spiro atoms. The van der Waals surface area contributed by atoms with Crippen LogP contribution >= 0.6 is 23.3 Å². The van der Waals surface area contributed by atoms with E-state index < -0.39 is 5.60 Å². The molecule has 0 saturated heterocycles. The third-order valence-electron chi connectivity index (χ3n) is 6.95. The Morgan fingerprint density at radius 2 is 1.76 bits per heavy atom. The van der Waals surface area contributed by atoms with E-state index in [4.69, 9.17) is 4.98 Å². The Hall–Kier alpha value is -3.92. The minimum absolute atomic E-state index is 0.423. The van der Waals surface area contributed by atoms with Gasteiger partial charge in [-0.15, -0.1) is 11.3 Å². The van der Waals surface area contributed by atoms with E-state index in [-0.39, 0.29) is 0 Å². The Kier molecular flexibility index (Phi) is 7.42. The fraction of sp³-hybridized carbons (Fsp3) is 0.219. The topological polar surface area (TPSA) is 87.9 Å². The number of anilines is 3. The molecular weight excluding hydrogens is 549 g/mol. The van der Waals surface area contributed by atoms with E-state index in [1.165, 1.54) is 9.09 Å². The Morgan fingerprint density at radius 1 is 0.951 bits per heavy atom. The molecule has 4 aromatic heterocycles. The third-order valence-corrected chi connectivity index (χ3v) is 9.15. The highest BCUT2D eigenvalue weighted by Gasteiger charge is 2.18. The van der Waals surface area contributed by atoms with Crippen LogP contribution in [-0.2, 0) is 13.0 Å². The second-order valence-corrected chi connectivity index (χ2v) is 13.0. The van der Waals surface area contributed by atoms with Gasteiger partial charge in [-0.05, 0) is 99.3 Å². The highest BCUT2D eigenvalue weighted by atomic mass is 32.2. The maximum absolute atomic E-state index is 10.3. The SMILES string of the molecule is CCc1ccc(SNc2ccc(Nc3cc4c(-c5ccc6c(cnn6CC(C)(C)O)c5C)nccc4cn3)cc2)s1. The van der Waals surface area contributed by atoms with Crippen molar-refractivity contribution in [3.05, 3.63) is 89.7 Å².